The molecule has 122 valence electrons. The van der Waals surface area contributed by atoms with Gasteiger partial charge in [-0.3, -0.25) is 0 Å². The molecule has 23 heavy (non-hydrogen) atoms. The topological polar surface area (TPSA) is 45.2 Å². The molecule has 1 fully saturated rings. The number of aromatic nitrogens is 1. The van der Waals surface area contributed by atoms with E-state index in [1.54, 1.807) is 34.4 Å². The van der Waals surface area contributed by atoms with E-state index in [0.29, 0.717) is 12.1 Å². The largest absolute Gasteiger partial charge is 0.330 e. The van der Waals surface area contributed by atoms with Crippen molar-refractivity contribution < 1.29 is 9.18 Å². The summed E-state index contributed by atoms with van der Waals surface area (Å²) < 4.78 is 13.9. The van der Waals surface area contributed by atoms with Gasteiger partial charge in [-0.15, -0.1) is 11.3 Å². The Morgan fingerprint density at radius 2 is 2.22 bits per heavy atom. The van der Waals surface area contributed by atoms with Crippen molar-refractivity contribution in [1.29, 1.82) is 0 Å². The molecular weight excluding hydrogens is 313 g/mol. The van der Waals surface area contributed by atoms with Gasteiger partial charge in [0.15, 0.2) is 0 Å². The Morgan fingerprint density at radius 1 is 1.48 bits per heavy atom. The fourth-order valence-electron chi connectivity index (χ4n) is 2.48. The summed E-state index contributed by atoms with van der Waals surface area (Å²) in [7, 11) is 0. The molecule has 1 N–H and O–H groups in total. The number of urea groups is 1. The highest BCUT2D eigenvalue weighted by Crippen LogP contribution is 2.29. The van der Waals surface area contributed by atoms with Crippen molar-refractivity contribution >= 4 is 17.4 Å². The number of nitrogens with zero attached hydrogens (tertiary/aromatic N) is 2. The van der Waals surface area contributed by atoms with Gasteiger partial charge >= 0.3 is 6.03 Å². The van der Waals surface area contributed by atoms with E-state index in [-0.39, 0.29) is 23.9 Å². The quantitative estimate of drug-likeness (QED) is 0.898. The molecule has 3 rings (SSSR count). The molecular formula is C17H20FN3OS. The van der Waals surface area contributed by atoms with Crippen molar-refractivity contribution in [3.8, 4) is 0 Å². The number of carbonyl (C=O) groups excluding carboxylic acids is 1. The zero-order chi connectivity index (χ0) is 16.4. The van der Waals surface area contributed by atoms with Crippen LogP contribution < -0.4 is 5.32 Å². The zero-order valence-electron chi connectivity index (χ0n) is 13.3. The van der Waals surface area contributed by atoms with Gasteiger partial charge in [-0.05, 0) is 32.8 Å². The molecule has 1 aliphatic rings. The van der Waals surface area contributed by atoms with Crippen LogP contribution in [0.25, 0.3) is 0 Å². The maximum atomic E-state index is 13.9. The van der Waals surface area contributed by atoms with E-state index in [4.69, 9.17) is 0 Å². The molecule has 6 heteroatoms. The van der Waals surface area contributed by atoms with Crippen LogP contribution in [-0.4, -0.2) is 22.0 Å². The molecule has 1 saturated carbocycles. The number of halogens is 1. The normalized spacial score (nSPS) is 15.3. The number of thiazole rings is 1. The molecule has 2 aromatic rings. The number of rotatable bonds is 5. The molecule has 1 atom stereocenters. The van der Waals surface area contributed by atoms with Gasteiger partial charge in [-0.1, -0.05) is 18.2 Å². The van der Waals surface area contributed by atoms with Crippen LogP contribution >= 0.6 is 11.3 Å². The van der Waals surface area contributed by atoms with Gasteiger partial charge in [-0.25, -0.2) is 14.2 Å². The summed E-state index contributed by atoms with van der Waals surface area (Å²) in [5.41, 5.74) is 1.41. The summed E-state index contributed by atoms with van der Waals surface area (Å²) in [4.78, 5) is 18.7. The molecule has 0 spiro atoms. The fraction of sp³-hybridized carbons (Fsp3) is 0.412. The van der Waals surface area contributed by atoms with Gasteiger partial charge in [0, 0.05) is 17.0 Å². The van der Waals surface area contributed by atoms with E-state index in [0.717, 1.165) is 23.5 Å². The van der Waals surface area contributed by atoms with Crippen LogP contribution in [-0.2, 0) is 6.54 Å². The van der Waals surface area contributed by atoms with Crippen molar-refractivity contribution in [1.82, 2.24) is 15.2 Å². The number of hydrogen-bond acceptors (Lipinski definition) is 3. The number of amides is 2. The van der Waals surface area contributed by atoms with Gasteiger partial charge in [-0.2, -0.15) is 0 Å². The van der Waals surface area contributed by atoms with Gasteiger partial charge in [0.25, 0.3) is 0 Å². The van der Waals surface area contributed by atoms with Gasteiger partial charge in [0.05, 0.1) is 23.3 Å². The molecule has 0 aliphatic heterocycles. The third-order valence-corrected chi connectivity index (χ3v) is 4.76. The number of benzene rings is 1. The Hall–Kier alpha value is -1.95. The molecule has 0 unspecified atom stereocenters. The van der Waals surface area contributed by atoms with Crippen LogP contribution in [0.2, 0.25) is 0 Å². The summed E-state index contributed by atoms with van der Waals surface area (Å²) >= 11 is 1.57. The minimum absolute atomic E-state index is 0.158. The lowest BCUT2D eigenvalue weighted by atomic mass is 10.2. The van der Waals surface area contributed by atoms with Crippen LogP contribution in [0.15, 0.2) is 29.6 Å². The van der Waals surface area contributed by atoms with E-state index in [2.05, 4.69) is 10.3 Å². The van der Waals surface area contributed by atoms with Crippen molar-refractivity contribution in [2.24, 2.45) is 0 Å². The van der Waals surface area contributed by atoms with Crippen molar-refractivity contribution in [2.45, 2.75) is 45.3 Å². The summed E-state index contributed by atoms with van der Waals surface area (Å²) in [6.45, 7) is 4.16. The minimum Gasteiger partial charge on any atom is -0.330 e. The monoisotopic (exact) mass is 333 g/mol. The van der Waals surface area contributed by atoms with Gasteiger partial charge < -0.3 is 10.2 Å². The Kier molecular flexibility index (Phi) is 4.61. The maximum Gasteiger partial charge on any atom is 0.318 e. The van der Waals surface area contributed by atoms with E-state index >= 15 is 0 Å². The van der Waals surface area contributed by atoms with Crippen molar-refractivity contribution in [3.05, 3.63) is 51.7 Å². The van der Waals surface area contributed by atoms with Crippen molar-refractivity contribution in [2.75, 3.05) is 0 Å². The molecule has 1 aromatic heterocycles. The predicted molar refractivity (Wildman–Crippen MR) is 88.8 cm³/mol. The molecule has 1 aromatic carbocycles. The first kappa shape index (κ1) is 15.9. The third-order valence-electron chi connectivity index (χ3n) is 3.97. The molecule has 4 nitrogen and oxygen atoms in total. The summed E-state index contributed by atoms with van der Waals surface area (Å²) in [6.07, 6.45) is 1.96. The number of carbonyl (C=O) groups is 1. The molecule has 0 radical (unpaired) electrons. The smallest absolute Gasteiger partial charge is 0.318 e. The van der Waals surface area contributed by atoms with Crippen LogP contribution in [0.3, 0.4) is 0 Å². The number of nitrogens with one attached hydrogen (secondary N) is 1. The average Bonchev–Trinajstić information content (AvgIpc) is 3.26. The number of aryl methyl sites for hydroxylation is 1. The van der Waals surface area contributed by atoms with Crippen LogP contribution in [0.5, 0.6) is 0 Å². The SMILES string of the molecule is Cc1nc([C@H](C)NC(=O)N(Cc2ccccc2F)C2CC2)cs1. The lowest BCUT2D eigenvalue weighted by molar-refractivity contribution is 0.188. The third kappa shape index (κ3) is 3.88. The predicted octanol–water partition coefficient (Wildman–Crippen LogP) is 4.03. The maximum absolute atomic E-state index is 13.9. The van der Waals surface area contributed by atoms with E-state index in [1.165, 1.54) is 6.07 Å². The fourth-order valence-corrected chi connectivity index (χ4v) is 3.19. The second kappa shape index (κ2) is 6.66. The molecule has 1 heterocycles. The summed E-state index contributed by atoms with van der Waals surface area (Å²) in [6, 6.07) is 6.50. The zero-order valence-corrected chi connectivity index (χ0v) is 14.1. The first-order valence-electron chi connectivity index (χ1n) is 7.77. The van der Waals surface area contributed by atoms with Crippen LogP contribution in [0.1, 0.15) is 42.1 Å². The Bertz CT molecular complexity index is 699. The highest BCUT2D eigenvalue weighted by molar-refractivity contribution is 7.09. The molecule has 1 aliphatic carbocycles. The van der Waals surface area contributed by atoms with Crippen LogP contribution in [0.4, 0.5) is 9.18 Å². The summed E-state index contributed by atoms with van der Waals surface area (Å²) in [5, 5.41) is 5.91. The highest BCUT2D eigenvalue weighted by Gasteiger charge is 2.33. The van der Waals surface area contributed by atoms with Crippen LogP contribution in [0, 0.1) is 12.7 Å². The first-order chi connectivity index (χ1) is 11.0. The summed E-state index contributed by atoms with van der Waals surface area (Å²) in [5.74, 6) is -0.269. The minimum atomic E-state index is -0.269. The van der Waals surface area contributed by atoms with E-state index in [9.17, 15) is 9.18 Å². The van der Waals surface area contributed by atoms with E-state index < -0.39 is 0 Å². The second-order valence-corrected chi connectivity index (χ2v) is 6.98. The lowest BCUT2D eigenvalue weighted by Crippen LogP contribution is -2.42. The molecule has 2 amide bonds. The van der Waals surface area contributed by atoms with E-state index in [1.807, 2.05) is 19.2 Å². The van der Waals surface area contributed by atoms with Gasteiger partial charge in [0.2, 0.25) is 0 Å². The standard InChI is InChI=1S/C17H20FN3OS/c1-11(16-10-23-12(2)20-16)19-17(22)21(14-7-8-14)9-13-5-3-4-6-15(13)18/h3-6,10-11,14H,7-9H2,1-2H3,(H,19,22)/t11-/m0/s1. The Labute approximate surface area is 139 Å². The Balaban J connectivity index is 1.68. The van der Waals surface area contributed by atoms with Crippen molar-refractivity contribution in [3.63, 3.8) is 0 Å². The molecule has 0 saturated heterocycles. The molecule has 0 bridgehead atoms. The lowest BCUT2D eigenvalue weighted by Gasteiger charge is -2.25. The Morgan fingerprint density at radius 3 is 2.83 bits per heavy atom. The second-order valence-electron chi connectivity index (χ2n) is 5.91. The first-order valence-corrected chi connectivity index (χ1v) is 8.65. The highest BCUT2D eigenvalue weighted by atomic mass is 32.1. The average molecular weight is 333 g/mol. The van der Waals surface area contributed by atoms with Gasteiger partial charge in [0.1, 0.15) is 5.82 Å². The number of hydrogen-bond donors (Lipinski definition) is 1.